The fourth-order valence-corrected chi connectivity index (χ4v) is 4.12. The number of amides is 1. The molecule has 0 radical (unpaired) electrons. The highest BCUT2D eigenvalue weighted by molar-refractivity contribution is 8.01. The van der Waals surface area contributed by atoms with Crippen molar-refractivity contribution in [1.29, 1.82) is 0 Å². The Kier molecular flexibility index (Phi) is 7.87. The summed E-state index contributed by atoms with van der Waals surface area (Å²) in [5.41, 5.74) is 3.32. The molecule has 2 N–H and O–H groups in total. The highest BCUT2D eigenvalue weighted by Gasteiger charge is 2.08. The average molecular weight is 413 g/mol. The predicted molar refractivity (Wildman–Crippen MR) is 118 cm³/mol. The molecule has 5 nitrogen and oxygen atoms in total. The van der Waals surface area contributed by atoms with Crippen molar-refractivity contribution in [3.8, 4) is 0 Å². The molecule has 2 aromatic carbocycles. The molecule has 0 saturated heterocycles. The van der Waals surface area contributed by atoms with Crippen LogP contribution in [0, 0.1) is 0 Å². The van der Waals surface area contributed by atoms with Gasteiger partial charge in [-0.05, 0) is 36.1 Å². The Morgan fingerprint density at radius 1 is 1.04 bits per heavy atom. The van der Waals surface area contributed by atoms with Crippen molar-refractivity contribution in [1.82, 2.24) is 10.2 Å². The van der Waals surface area contributed by atoms with E-state index in [4.69, 9.17) is 0 Å². The van der Waals surface area contributed by atoms with Crippen LogP contribution in [0.4, 0.5) is 10.8 Å². The molecule has 0 aliphatic rings. The summed E-state index contributed by atoms with van der Waals surface area (Å²) in [5, 5.41) is 15.2. The normalized spacial score (nSPS) is 10.6. The van der Waals surface area contributed by atoms with Crippen molar-refractivity contribution in [2.75, 3.05) is 16.4 Å². The monoisotopic (exact) mass is 412 g/mol. The molecular weight excluding hydrogens is 388 g/mol. The second-order valence-corrected chi connectivity index (χ2v) is 8.55. The average Bonchev–Trinajstić information content (AvgIpc) is 3.19. The van der Waals surface area contributed by atoms with Crippen molar-refractivity contribution < 1.29 is 4.79 Å². The molecule has 0 aliphatic carbocycles. The Morgan fingerprint density at radius 2 is 1.82 bits per heavy atom. The van der Waals surface area contributed by atoms with Crippen LogP contribution in [-0.4, -0.2) is 21.9 Å². The number of hydrogen-bond acceptors (Lipinski definition) is 6. The molecular formula is C21H24N4OS2. The van der Waals surface area contributed by atoms with Gasteiger partial charge in [-0.2, -0.15) is 0 Å². The zero-order chi connectivity index (χ0) is 19.6. The standard InChI is InChI=1S/C21H24N4OS2/c1-2-3-7-16-10-12-18(13-11-16)23-19(26)15-27-21-25-24-20(28-21)22-14-17-8-5-4-6-9-17/h4-6,8-13H,2-3,7,14-15H2,1H3,(H,22,24)(H,23,26). The maximum Gasteiger partial charge on any atom is 0.234 e. The van der Waals surface area contributed by atoms with Crippen molar-refractivity contribution in [2.24, 2.45) is 0 Å². The number of rotatable bonds is 10. The Balaban J connectivity index is 1.41. The first-order chi connectivity index (χ1) is 13.7. The fraction of sp³-hybridized carbons (Fsp3) is 0.286. The summed E-state index contributed by atoms with van der Waals surface area (Å²) in [6.45, 7) is 2.89. The summed E-state index contributed by atoms with van der Waals surface area (Å²) in [6, 6.07) is 18.2. The number of unbranched alkanes of at least 4 members (excludes halogenated alkanes) is 1. The molecule has 28 heavy (non-hydrogen) atoms. The highest BCUT2D eigenvalue weighted by Crippen LogP contribution is 2.26. The minimum absolute atomic E-state index is 0.0414. The van der Waals surface area contributed by atoms with Crippen LogP contribution in [0.25, 0.3) is 0 Å². The van der Waals surface area contributed by atoms with Gasteiger partial charge >= 0.3 is 0 Å². The van der Waals surface area contributed by atoms with Gasteiger partial charge < -0.3 is 10.6 Å². The number of aryl methyl sites for hydroxylation is 1. The number of carbonyl (C=O) groups is 1. The van der Waals surface area contributed by atoms with Gasteiger partial charge in [-0.3, -0.25) is 4.79 Å². The van der Waals surface area contributed by atoms with Crippen molar-refractivity contribution in [3.63, 3.8) is 0 Å². The van der Waals surface area contributed by atoms with E-state index in [-0.39, 0.29) is 5.91 Å². The van der Waals surface area contributed by atoms with Gasteiger partial charge in [0.2, 0.25) is 11.0 Å². The molecule has 0 spiro atoms. The van der Waals surface area contributed by atoms with Crippen molar-refractivity contribution in [3.05, 3.63) is 65.7 Å². The second kappa shape index (κ2) is 10.8. The molecule has 7 heteroatoms. The molecule has 0 atom stereocenters. The smallest absolute Gasteiger partial charge is 0.234 e. The molecule has 0 unspecified atom stereocenters. The number of nitrogens with one attached hydrogen (secondary N) is 2. The van der Waals surface area contributed by atoms with Gasteiger partial charge in [0.25, 0.3) is 0 Å². The fourth-order valence-electron chi connectivity index (χ4n) is 2.57. The van der Waals surface area contributed by atoms with Crippen LogP contribution in [0.15, 0.2) is 58.9 Å². The molecule has 1 aromatic heterocycles. The van der Waals surface area contributed by atoms with Gasteiger partial charge in [0, 0.05) is 12.2 Å². The Hall–Kier alpha value is -2.38. The summed E-state index contributed by atoms with van der Waals surface area (Å²) in [4.78, 5) is 12.2. The summed E-state index contributed by atoms with van der Waals surface area (Å²) in [5.74, 6) is 0.269. The summed E-state index contributed by atoms with van der Waals surface area (Å²) >= 11 is 2.86. The molecule has 1 amide bonds. The van der Waals surface area contributed by atoms with Crippen LogP contribution in [0.3, 0.4) is 0 Å². The van der Waals surface area contributed by atoms with Crippen LogP contribution in [0.2, 0.25) is 0 Å². The number of hydrogen-bond donors (Lipinski definition) is 2. The molecule has 3 aromatic rings. The van der Waals surface area contributed by atoms with E-state index in [1.165, 1.54) is 47.1 Å². The van der Waals surface area contributed by atoms with E-state index in [0.717, 1.165) is 21.6 Å². The van der Waals surface area contributed by atoms with Gasteiger partial charge in [-0.1, -0.05) is 78.9 Å². The first-order valence-electron chi connectivity index (χ1n) is 9.36. The van der Waals surface area contributed by atoms with Gasteiger partial charge in [0.05, 0.1) is 5.75 Å². The van der Waals surface area contributed by atoms with Gasteiger partial charge in [-0.25, -0.2) is 0 Å². The van der Waals surface area contributed by atoms with Gasteiger partial charge in [-0.15, -0.1) is 10.2 Å². The number of carbonyl (C=O) groups excluding carboxylic acids is 1. The van der Waals surface area contributed by atoms with E-state index in [1.807, 2.05) is 30.3 Å². The maximum absolute atomic E-state index is 12.2. The third-order valence-electron chi connectivity index (χ3n) is 4.08. The van der Waals surface area contributed by atoms with E-state index in [0.29, 0.717) is 12.3 Å². The zero-order valence-corrected chi connectivity index (χ0v) is 17.5. The third-order valence-corrected chi connectivity index (χ3v) is 6.09. The highest BCUT2D eigenvalue weighted by atomic mass is 32.2. The summed E-state index contributed by atoms with van der Waals surface area (Å²) in [7, 11) is 0. The van der Waals surface area contributed by atoms with Crippen LogP contribution in [0.5, 0.6) is 0 Å². The van der Waals surface area contributed by atoms with E-state index in [1.54, 1.807) is 0 Å². The molecule has 0 aliphatic heterocycles. The number of thioether (sulfide) groups is 1. The van der Waals surface area contributed by atoms with Crippen LogP contribution in [-0.2, 0) is 17.8 Å². The molecule has 0 bridgehead atoms. The number of anilines is 2. The minimum atomic E-state index is -0.0414. The topological polar surface area (TPSA) is 66.9 Å². The molecule has 3 rings (SSSR count). The Morgan fingerprint density at radius 3 is 2.57 bits per heavy atom. The lowest BCUT2D eigenvalue weighted by Gasteiger charge is -2.06. The van der Waals surface area contributed by atoms with Crippen LogP contribution >= 0.6 is 23.1 Å². The summed E-state index contributed by atoms with van der Waals surface area (Å²) in [6.07, 6.45) is 3.45. The molecule has 146 valence electrons. The predicted octanol–water partition coefficient (Wildman–Crippen LogP) is 5.22. The van der Waals surface area contributed by atoms with E-state index >= 15 is 0 Å². The minimum Gasteiger partial charge on any atom is -0.356 e. The van der Waals surface area contributed by atoms with E-state index < -0.39 is 0 Å². The largest absolute Gasteiger partial charge is 0.356 e. The maximum atomic E-state index is 12.2. The van der Waals surface area contributed by atoms with E-state index in [2.05, 4.69) is 52.0 Å². The van der Waals surface area contributed by atoms with Gasteiger partial charge in [0.15, 0.2) is 4.34 Å². The second-order valence-electron chi connectivity index (χ2n) is 6.35. The van der Waals surface area contributed by atoms with Gasteiger partial charge in [0.1, 0.15) is 0 Å². The number of nitrogens with zero attached hydrogens (tertiary/aromatic N) is 2. The summed E-state index contributed by atoms with van der Waals surface area (Å²) < 4.78 is 0.778. The molecule has 0 saturated carbocycles. The SMILES string of the molecule is CCCCc1ccc(NC(=O)CSc2nnc(NCc3ccccc3)s2)cc1. The lowest BCUT2D eigenvalue weighted by atomic mass is 10.1. The van der Waals surface area contributed by atoms with Crippen LogP contribution in [0.1, 0.15) is 30.9 Å². The third kappa shape index (κ3) is 6.65. The van der Waals surface area contributed by atoms with Crippen LogP contribution < -0.4 is 10.6 Å². The lowest BCUT2D eigenvalue weighted by molar-refractivity contribution is -0.113. The Bertz CT molecular complexity index is 866. The number of aromatic nitrogens is 2. The molecule has 1 heterocycles. The first-order valence-corrected chi connectivity index (χ1v) is 11.2. The first kappa shape index (κ1) is 20.4. The quantitative estimate of drug-likeness (QED) is 0.447. The zero-order valence-electron chi connectivity index (χ0n) is 15.9. The van der Waals surface area contributed by atoms with E-state index in [9.17, 15) is 4.79 Å². The number of benzene rings is 2. The van der Waals surface area contributed by atoms with Crippen molar-refractivity contribution in [2.45, 2.75) is 37.1 Å². The lowest BCUT2D eigenvalue weighted by Crippen LogP contribution is -2.13. The Labute approximate surface area is 174 Å². The molecule has 0 fully saturated rings. The van der Waals surface area contributed by atoms with Crippen molar-refractivity contribution >= 4 is 39.8 Å².